The van der Waals surface area contributed by atoms with Gasteiger partial charge in [-0.2, -0.15) is 0 Å². The van der Waals surface area contributed by atoms with Gasteiger partial charge in [0.1, 0.15) is 0 Å². The van der Waals surface area contributed by atoms with Gasteiger partial charge in [-0.05, 0) is 20.0 Å². The maximum atomic E-state index is 2.55. The van der Waals surface area contributed by atoms with Crippen LogP contribution in [0.4, 0.5) is 0 Å². The van der Waals surface area contributed by atoms with Gasteiger partial charge in [-0.25, -0.2) is 0 Å². The van der Waals surface area contributed by atoms with Crippen molar-refractivity contribution in [2.24, 2.45) is 0 Å². The molecule has 0 spiro atoms. The Bertz CT molecular complexity index is 155. The molecule has 0 aromatic carbocycles. The summed E-state index contributed by atoms with van der Waals surface area (Å²) in [7, 11) is 6.97. The molecular weight excluding hydrogens is 184 g/mol. The molecule has 0 radical (unpaired) electrons. The molecule has 1 unspecified atom stereocenters. The minimum absolute atomic E-state index is 0.835. The van der Waals surface area contributed by atoms with Gasteiger partial charge in [0.25, 0.3) is 0 Å². The molecule has 0 bridgehead atoms. The molecule has 1 heterocycles. The van der Waals surface area contributed by atoms with Crippen LogP contribution in [0.5, 0.6) is 0 Å². The van der Waals surface area contributed by atoms with Crippen LogP contribution in [0.3, 0.4) is 0 Å². The summed E-state index contributed by atoms with van der Waals surface area (Å²) < 4.78 is 1.21. The Balaban J connectivity index is 0.000000921. The minimum Gasteiger partial charge on any atom is -0.327 e. The molecule has 1 aliphatic heterocycles. The topological polar surface area (TPSA) is 3.24 Å². The van der Waals surface area contributed by atoms with Crippen molar-refractivity contribution >= 4 is 0 Å². The average Bonchev–Trinajstić information content (AvgIpc) is 2.58. The van der Waals surface area contributed by atoms with Crippen molar-refractivity contribution in [1.29, 1.82) is 0 Å². The molecule has 15 heavy (non-hydrogen) atoms. The molecule has 0 aliphatic carbocycles. The van der Waals surface area contributed by atoms with Gasteiger partial charge in [0, 0.05) is 6.42 Å². The zero-order valence-electron chi connectivity index (χ0n) is 11.7. The molecule has 1 rings (SSSR count). The standard InChI is InChI=1S/C11H25N2.C2H6/c1-5-6-8-12(2)11-7-9-13(3,4)10-11;1-2/h11H,5-10H2,1-4H3;1-2H3/q+1;. The van der Waals surface area contributed by atoms with Crippen LogP contribution in [0.1, 0.15) is 40.0 Å². The van der Waals surface area contributed by atoms with E-state index in [2.05, 4.69) is 33.0 Å². The number of quaternary nitrogens is 1. The van der Waals surface area contributed by atoms with E-state index in [1.54, 1.807) is 0 Å². The van der Waals surface area contributed by atoms with Gasteiger partial charge in [0.2, 0.25) is 0 Å². The van der Waals surface area contributed by atoms with Crippen LogP contribution in [0.15, 0.2) is 0 Å². The predicted octanol–water partition coefficient (Wildman–Crippen LogP) is 2.59. The Kier molecular flexibility index (Phi) is 7.20. The highest BCUT2D eigenvalue weighted by atomic mass is 15.4. The number of likely N-dealkylation sites (N-methyl/N-ethyl adjacent to an activating group) is 2. The lowest BCUT2D eigenvalue weighted by Crippen LogP contribution is -2.41. The molecule has 2 heteroatoms. The van der Waals surface area contributed by atoms with Gasteiger partial charge in [0.15, 0.2) is 0 Å². The number of likely N-dealkylation sites (tertiary alicyclic amines) is 1. The van der Waals surface area contributed by atoms with Crippen molar-refractivity contribution in [2.75, 3.05) is 40.8 Å². The summed E-state index contributed by atoms with van der Waals surface area (Å²) in [6.45, 7) is 10.2. The van der Waals surface area contributed by atoms with Crippen molar-refractivity contribution in [2.45, 2.75) is 46.1 Å². The van der Waals surface area contributed by atoms with Gasteiger partial charge in [-0.1, -0.05) is 27.2 Å². The fraction of sp³-hybridized carbons (Fsp3) is 1.00. The van der Waals surface area contributed by atoms with Gasteiger partial charge in [-0.15, -0.1) is 0 Å². The average molecular weight is 215 g/mol. The molecule has 0 aromatic rings. The second-order valence-electron chi connectivity index (χ2n) is 5.12. The van der Waals surface area contributed by atoms with E-state index in [0.717, 1.165) is 6.04 Å². The van der Waals surface area contributed by atoms with Crippen LogP contribution in [-0.4, -0.2) is 56.2 Å². The first-order valence-electron chi connectivity index (χ1n) is 6.57. The first-order chi connectivity index (χ1) is 7.05. The van der Waals surface area contributed by atoms with Crippen LogP contribution in [0, 0.1) is 0 Å². The maximum Gasteiger partial charge on any atom is 0.0942 e. The first kappa shape index (κ1) is 14.9. The van der Waals surface area contributed by atoms with E-state index in [-0.39, 0.29) is 0 Å². The van der Waals surface area contributed by atoms with Crippen LogP contribution in [0.2, 0.25) is 0 Å². The van der Waals surface area contributed by atoms with Crippen LogP contribution >= 0.6 is 0 Å². The van der Waals surface area contributed by atoms with Gasteiger partial charge < -0.3 is 4.48 Å². The van der Waals surface area contributed by atoms with Crippen LogP contribution in [0.25, 0.3) is 0 Å². The maximum absolute atomic E-state index is 2.55. The second-order valence-corrected chi connectivity index (χ2v) is 5.12. The highest BCUT2D eigenvalue weighted by Gasteiger charge is 2.32. The lowest BCUT2D eigenvalue weighted by Gasteiger charge is -2.26. The van der Waals surface area contributed by atoms with E-state index in [0.29, 0.717) is 0 Å². The number of nitrogens with zero attached hydrogens (tertiary/aromatic N) is 2. The summed E-state index contributed by atoms with van der Waals surface area (Å²) in [5.41, 5.74) is 0. The lowest BCUT2D eigenvalue weighted by atomic mass is 10.2. The van der Waals surface area contributed by atoms with Crippen molar-refractivity contribution in [3.8, 4) is 0 Å². The molecule has 0 saturated carbocycles. The van der Waals surface area contributed by atoms with Crippen molar-refractivity contribution in [1.82, 2.24) is 4.90 Å². The highest BCUT2D eigenvalue weighted by Crippen LogP contribution is 2.18. The fourth-order valence-corrected chi connectivity index (χ4v) is 2.20. The molecule has 0 aromatic heterocycles. The molecule has 0 N–H and O–H groups in total. The number of rotatable bonds is 4. The SMILES string of the molecule is CC.CCCCN(C)C1CC[N+](C)(C)C1. The quantitative estimate of drug-likeness (QED) is 0.652. The summed E-state index contributed by atoms with van der Waals surface area (Å²) in [6.07, 6.45) is 4.04. The fourth-order valence-electron chi connectivity index (χ4n) is 2.20. The molecule has 2 nitrogen and oxygen atoms in total. The largest absolute Gasteiger partial charge is 0.327 e. The van der Waals surface area contributed by atoms with E-state index >= 15 is 0 Å². The third-order valence-corrected chi connectivity index (χ3v) is 3.26. The molecule has 1 fully saturated rings. The Morgan fingerprint density at radius 3 is 2.27 bits per heavy atom. The summed E-state index contributed by atoms with van der Waals surface area (Å²) in [5.74, 6) is 0. The molecule has 1 atom stereocenters. The summed E-state index contributed by atoms with van der Waals surface area (Å²) >= 11 is 0. The van der Waals surface area contributed by atoms with Gasteiger partial charge in [-0.3, -0.25) is 4.90 Å². The lowest BCUT2D eigenvalue weighted by molar-refractivity contribution is -0.878. The zero-order chi connectivity index (χ0) is 11.9. The first-order valence-corrected chi connectivity index (χ1v) is 6.57. The third kappa shape index (κ3) is 5.53. The number of unbranched alkanes of at least 4 members (excludes halogenated alkanes) is 1. The third-order valence-electron chi connectivity index (χ3n) is 3.26. The molecule has 1 aliphatic rings. The minimum atomic E-state index is 0.835. The number of hydrogen-bond acceptors (Lipinski definition) is 1. The van der Waals surface area contributed by atoms with Crippen LogP contribution < -0.4 is 0 Å². The monoisotopic (exact) mass is 215 g/mol. The van der Waals surface area contributed by atoms with E-state index < -0.39 is 0 Å². The van der Waals surface area contributed by atoms with E-state index in [1.807, 2.05) is 13.8 Å². The summed E-state index contributed by atoms with van der Waals surface area (Å²) in [4.78, 5) is 2.55. The molecular formula is C13H31N2+. The van der Waals surface area contributed by atoms with Crippen molar-refractivity contribution in [3.63, 3.8) is 0 Å². The smallest absolute Gasteiger partial charge is 0.0942 e. The summed E-state index contributed by atoms with van der Waals surface area (Å²) in [6, 6.07) is 0.835. The Morgan fingerprint density at radius 2 is 1.87 bits per heavy atom. The van der Waals surface area contributed by atoms with Crippen molar-refractivity contribution in [3.05, 3.63) is 0 Å². The zero-order valence-corrected chi connectivity index (χ0v) is 11.7. The van der Waals surface area contributed by atoms with Crippen molar-refractivity contribution < 1.29 is 4.48 Å². The second kappa shape index (κ2) is 7.24. The highest BCUT2D eigenvalue weighted by molar-refractivity contribution is 4.73. The van der Waals surface area contributed by atoms with Gasteiger partial charge >= 0.3 is 0 Å². The molecule has 0 amide bonds. The van der Waals surface area contributed by atoms with Gasteiger partial charge in [0.05, 0.1) is 33.2 Å². The van der Waals surface area contributed by atoms with E-state index in [1.165, 1.54) is 43.4 Å². The van der Waals surface area contributed by atoms with Crippen LogP contribution in [-0.2, 0) is 0 Å². The Hall–Kier alpha value is -0.0800. The number of hydrogen-bond donors (Lipinski definition) is 0. The molecule has 1 saturated heterocycles. The van der Waals surface area contributed by atoms with E-state index in [9.17, 15) is 0 Å². The molecule has 92 valence electrons. The van der Waals surface area contributed by atoms with E-state index in [4.69, 9.17) is 0 Å². The normalized spacial score (nSPS) is 23.8. The Morgan fingerprint density at radius 1 is 1.27 bits per heavy atom. The summed E-state index contributed by atoms with van der Waals surface area (Å²) in [5, 5.41) is 0. The Labute approximate surface area is 96.8 Å². The predicted molar refractivity (Wildman–Crippen MR) is 69.1 cm³/mol.